The lowest BCUT2D eigenvalue weighted by molar-refractivity contribution is 0.0930. The lowest BCUT2D eigenvalue weighted by atomic mass is 10.3. The molecular weight excluding hydrogens is 356 g/mol. The Morgan fingerprint density at radius 3 is 2.89 bits per heavy atom. The maximum atomic E-state index is 12.5. The van der Waals surface area contributed by atoms with E-state index in [2.05, 4.69) is 20.4 Å². The second-order valence-corrected chi connectivity index (χ2v) is 6.97. The number of nitrogens with zero attached hydrogens (tertiary/aromatic N) is 5. The number of fused-ring (bicyclic) bond motifs is 1. The molecule has 0 saturated carbocycles. The van der Waals surface area contributed by atoms with E-state index in [1.54, 1.807) is 6.33 Å². The number of hydrogen-bond donors (Lipinski definition) is 1. The Balaban J connectivity index is 1.40. The van der Waals surface area contributed by atoms with Gasteiger partial charge in [-0.3, -0.25) is 9.48 Å². The molecule has 0 fully saturated rings. The molecule has 0 spiro atoms. The van der Waals surface area contributed by atoms with Crippen LogP contribution >= 0.6 is 0 Å². The Morgan fingerprint density at radius 2 is 2.11 bits per heavy atom. The SMILES string of the molecule is Cc1cc(C)n(C[C@@H](C)NC(=O)c2coc(Cn3cnc4ccccc43)n2)n1. The smallest absolute Gasteiger partial charge is 0.273 e. The maximum Gasteiger partial charge on any atom is 0.273 e. The van der Waals surface area contributed by atoms with Crippen LogP contribution in [0.25, 0.3) is 11.0 Å². The van der Waals surface area contributed by atoms with Crippen LogP contribution in [0.3, 0.4) is 0 Å². The highest BCUT2D eigenvalue weighted by Crippen LogP contribution is 2.14. The van der Waals surface area contributed by atoms with Gasteiger partial charge in [0.1, 0.15) is 12.8 Å². The first-order valence-corrected chi connectivity index (χ1v) is 9.16. The van der Waals surface area contributed by atoms with Crippen LogP contribution in [0.4, 0.5) is 0 Å². The fourth-order valence-electron chi connectivity index (χ4n) is 3.23. The first kappa shape index (κ1) is 18.0. The van der Waals surface area contributed by atoms with Gasteiger partial charge in [-0.15, -0.1) is 0 Å². The third kappa shape index (κ3) is 3.66. The number of oxazole rings is 1. The van der Waals surface area contributed by atoms with E-state index >= 15 is 0 Å². The average Bonchev–Trinajstić information content (AvgIpc) is 3.36. The largest absolute Gasteiger partial charge is 0.446 e. The molecule has 1 atom stereocenters. The summed E-state index contributed by atoms with van der Waals surface area (Å²) in [5, 5.41) is 7.37. The van der Waals surface area contributed by atoms with Gasteiger partial charge < -0.3 is 14.3 Å². The van der Waals surface area contributed by atoms with Gasteiger partial charge >= 0.3 is 0 Å². The molecule has 4 rings (SSSR count). The monoisotopic (exact) mass is 378 g/mol. The zero-order valence-corrected chi connectivity index (χ0v) is 16.1. The fourth-order valence-corrected chi connectivity index (χ4v) is 3.23. The zero-order valence-electron chi connectivity index (χ0n) is 16.1. The fraction of sp³-hybridized carbons (Fsp3) is 0.300. The number of nitrogens with one attached hydrogen (secondary N) is 1. The minimum absolute atomic E-state index is 0.0942. The number of hydrogen-bond acceptors (Lipinski definition) is 5. The van der Waals surface area contributed by atoms with Gasteiger partial charge in [-0.1, -0.05) is 12.1 Å². The molecule has 3 heterocycles. The molecule has 0 unspecified atom stereocenters. The lowest BCUT2D eigenvalue weighted by Crippen LogP contribution is -2.36. The van der Waals surface area contributed by atoms with Gasteiger partial charge in [0.05, 0.1) is 29.6 Å². The van der Waals surface area contributed by atoms with E-state index in [0.717, 1.165) is 22.4 Å². The van der Waals surface area contributed by atoms with E-state index in [1.165, 1.54) is 6.26 Å². The Labute approximate surface area is 162 Å². The summed E-state index contributed by atoms with van der Waals surface area (Å²) in [7, 11) is 0. The molecule has 0 aliphatic heterocycles. The van der Waals surface area contributed by atoms with Crippen LogP contribution in [0.15, 0.2) is 47.3 Å². The Hall–Kier alpha value is -3.42. The van der Waals surface area contributed by atoms with Crippen molar-refractivity contribution in [2.24, 2.45) is 0 Å². The van der Waals surface area contributed by atoms with Gasteiger partial charge in [-0.2, -0.15) is 5.10 Å². The van der Waals surface area contributed by atoms with Crippen LogP contribution in [-0.4, -0.2) is 36.3 Å². The van der Waals surface area contributed by atoms with Crippen molar-refractivity contribution in [3.63, 3.8) is 0 Å². The standard InChI is InChI=1S/C20H22N6O2/c1-13-8-15(3)26(24-13)9-14(2)22-20(27)17-11-28-19(23-17)10-25-12-21-16-6-4-5-7-18(16)25/h4-8,11-12,14H,9-10H2,1-3H3,(H,22,27)/t14-/m1/s1. The quantitative estimate of drug-likeness (QED) is 0.557. The van der Waals surface area contributed by atoms with Crippen molar-refractivity contribution in [3.05, 3.63) is 65.9 Å². The number of aryl methyl sites for hydroxylation is 2. The normalized spacial score (nSPS) is 12.4. The van der Waals surface area contributed by atoms with Crippen molar-refractivity contribution >= 4 is 16.9 Å². The molecule has 8 nitrogen and oxygen atoms in total. The molecule has 144 valence electrons. The number of para-hydroxylation sites is 2. The summed E-state index contributed by atoms with van der Waals surface area (Å²) in [6, 6.07) is 9.75. The van der Waals surface area contributed by atoms with E-state index in [-0.39, 0.29) is 17.6 Å². The van der Waals surface area contributed by atoms with Crippen LogP contribution in [0.1, 0.15) is 34.7 Å². The van der Waals surface area contributed by atoms with Crippen molar-refractivity contribution < 1.29 is 9.21 Å². The topological polar surface area (TPSA) is 90.8 Å². The zero-order chi connectivity index (χ0) is 19.7. The highest BCUT2D eigenvalue weighted by molar-refractivity contribution is 5.92. The third-order valence-corrected chi connectivity index (χ3v) is 4.55. The second kappa shape index (κ2) is 7.30. The molecule has 28 heavy (non-hydrogen) atoms. The lowest BCUT2D eigenvalue weighted by Gasteiger charge is -2.14. The van der Waals surface area contributed by atoms with Crippen LogP contribution in [0.5, 0.6) is 0 Å². The Kier molecular flexibility index (Phi) is 4.68. The van der Waals surface area contributed by atoms with Gasteiger partial charge in [0.25, 0.3) is 5.91 Å². The van der Waals surface area contributed by atoms with Crippen molar-refractivity contribution in [2.75, 3.05) is 0 Å². The first-order valence-electron chi connectivity index (χ1n) is 9.16. The first-order chi connectivity index (χ1) is 13.5. The minimum atomic E-state index is -0.264. The number of amides is 1. The summed E-state index contributed by atoms with van der Waals surface area (Å²) >= 11 is 0. The summed E-state index contributed by atoms with van der Waals surface area (Å²) in [5.74, 6) is 0.194. The predicted molar refractivity (Wildman–Crippen MR) is 104 cm³/mol. The number of benzene rings is 1. The summed E-state index contributed by atoms with van der Waals surface area (Å²) < 4.78 is 9.32. The molecule has 0 aliphatic carbocycles. The average molecular weight is 378 g/mol. The molecule has 1 aromatic carbocycles. The number of carbonyl (C=O) groups is 1. The summed E-state index contributed by atoms with van der Waals surface area (Å²) in [5.41, 5.74) is 4.19. The molecule has 0 aliphatic rings. The molecule has 0 saturated heterocycles. The molecule has 0 radical (unpaired) electrons. The molecule has 4 aromatic rings. The number of rotatable bonds is 6. The van der Waals surface area contributed by atoms with Crippen LogP contribution in [-0.2, 0) is 13.1 Å². The molecular formula is C20H22N6O2. The van der Waals surface area contributed by atoms with Crippen molar-refractivity contribution in [1.82, 2.24) is 29.6 Å². The molecule has 8 heteroatoms. The minimum Gasteiger partial charge on any atom is -0.446 e. The van der Waals surface area contributed by atoms with E-state index in [4.69, 9.17) is 4.42 Å². The molecule has 1 N–H and O–H groups in total. The highest BCUT2D eigenvalue weighted by atomic mass is 16.3. The van der Waals surface area contributed by atoms with E-state index in [0.29, 0.717) is 19.0 Å². The van der Waals surface area contributed by atoms with Gasteiger partial charge in [-0.05, 0) is 39.0 Å². The van der Waals surface area contributed by atoms with E-state index in [9.17, 15) is 4.79 Å². The molecule has 1 amide bonds. The third-order valence-electron chi connectivity index (χ3n) is 4.55. The van der Waals surface area contributed by atoms with Crippen molar-refractivity contribution in [3.8, 4) is 0 Å². The van der Waals surface area contributed by atoms with Gasteiger partial charge in [0.15, 0.2) is 5.69 Å². The van der Waals surface area contributed by atoms with Gasteiger partial charge in [-0.25, -0.2) is 9.97 Å². The predicted octanol–water partition coefficient (Wildman–Crippen LogP) is 2.70. The van der Waals surface area contributed by atoms with Crippen LogP contribution in [0.2, 0.25) is 0 Å². The van der Waals surface area contributed by atoms with Crippen LogP contribution < -0.4 is 5.32 Å². The number of imidazole rings is 1. The summed E-state index contributed by atoms with van der Waals surface area (Å²) in [6.45, 7) is 6.89. The van der Waals surface area contributed by atoms with Crippen molar-refractivity contribution in [1.29, 1.82) is 0 Å². The van der Waals surface area contributed by atoms with Crippen molar-refractivity contribution in [2.45, 2.75) is 39.9 Å². The Morgan fingerprint density at radius 1 is 1.29 bits per heavy atom. The van der Waals surface area contributed by atoms with Crippen LogP contribution in [0, 0.1) is 13.8 Å². The molecule has 3 aromatic heterocycles. The maximum absolute atomic E-state index is 12.5. The van der Waals surface area contributed by atoms with E-state index < -0.39 is 0 Å². The molecule has 0 bridgehead atoms. The Bertz CT molecular complexity index is 1120. The van der Waals surface area contributed by atoms with Gasteiger partial charge in [0.2, 0.25) is 5.89 Å². The van der Waals surface area contributed by atoms with E-state index in [1.807, 2.05) is 60.4 Å². The highest BCUT2D eigenvalue weighted by Gasteiger charge is 2.16. The number of aromatic nitrogens is 5. The summed E-state index contributed by atoms with van der Waals surface area (Å²) in [4.78, 5) is 21.2. The second-order valence-electron chi connectivity index (χ2n) is 6.97. The number of carbonyl (C=O) groups excluding carboxylic acids is 1. The van der Waals surface area contributed by atoms with Gasteiger partial charge in [0, 0.05) is 11.7 Å². The summed E-state index contributed by atoms with van der Waals surface area (Å²) in [6.07, 6.45) is 3.13.